The third kappa shape index (κ3) is 3.19. The third-order valence-electron chi connectivity index (χ3n) is 6.66. The summed E-state index contributed by atoms with van der Waals surface area (Å²) in [6.07, 6.45) is 1.62. The highest BCUT2D eigenvalue weighted by Gasteiger charge is 2.37. The van der Waals surface area contributed by atoms with Crippen LogP contribution in [0.15, 0.2) is 66.7 Å². The van der Waals surface area contributed by atoms with Crippen LogP contribution in [0.5, 0.6) is 0 Å². The van der Waals surface area contributed by atoms with Gasteiger partial charge in [0.25, 0.3) is 0 Å². The van der Waals surface area contributed by atoms with Gasteiger partial charge in [0.15, 0.2) is 11.5 Å². The first-order valence-corrected chi connectivity index (χ1v) is 11.0. The molecule has 6 rings (SSSR count). The van der Waals surface area contributed by atoms with Crippen molar-refractivity contribution in [3.8, 4) is 0 Å². The van der Waals surface area contributed by atoms with E-state index in [1.54, 1.807) is 0 Å². The smallest absolute Gasteiger partial charge is 0.230 e. The van der Waals surface area contributed by atoms with Crippen molar-refractivity contribution < 1.29 is 4.79 Å². The highest BCUT2D eigenvalue weighted by molar-refractivity contribution is 5.97. The summed E-state index contributed by atoms with van der Waals surface area (Å²) >= 11 is 0. The minimum atomic E-state index is 0.0191. The van der Waals surface area contributed by atoms with E-state index in [9.17, 15) is 4.79 Å². The van der Waals surface area contributed by atoms with E-state index in [1.807, 2.05) is 29.2 Å². The van der Waals surface area contributed by atoms with Crippen molar-refractivity contribution in [1.82, 2.24) is 25.3 Å². The zero-order valence-corrected chi connectivity index (χ0v) is 17.6. The van der Waals surface area contributed by atoms with Crippen molar-refractivity contribution in [2.24, 2.45) is 5.92 Å². The fourth-order valence-corrected chi connectivity index (χ4v) is 4.97. The molecule has 2 aliphatic rings. The summed E-state index contributed by atoms with van der Waals surface area (Å²) in [7, 11) is 0. The number of hydrogen-bond acceptors (Lipinski definition) is 6. The minimum Gasteiger partial charge on any atom is -0.355 e. The number of hydrogen-bond donors (Lipinski definition) is 0. The van der Waals surface area contributed by atoms with Crippen LogP contribution in [0.1, 0.15) is 29.9 Å². The Bertz CT molecular complexity index is 1260. The van der Waals surface area contributed by atoms with Gasteiger partial charge in [0.2, 0.25) is 5.91 Å². The first-order valence-electron chi connectivity index (χ1n) is 11.0. The van der Waals surface area contributed by atoms with Crippen molar-refractivity contribution in [3.05, 3.63) is 77.9 Å². The van der Waals surface area contributed by atoms with Crippen molar-refractivity contribution in [2.75, 3.05) is 29.4 Å². The number of para-hydroxylation sites is 1. The van der Waals surface area contributed by atoms with E-state index < -0.39 is 0 Å². The molecule has 0 saturated carbocycles. The van der Waals surface area contributed by atoms with Crippen LogP contribution in [-0.2, 0) is 4.79 Å². The van der Waals surface area contributed by atoms with Gasteiger partial charge in [-0.25, -0.2) is 0 Å². The summed E-state index contributed by atoms with van der Waals surface area (Å²) in [6.45, 7) is 2.28. The number of amides is 1. The van der Waals surface area contributed by atoms with E-state index in [-0.39, 0.29) is 17.7 Å². The lowest BCUT2D eigenvalue weighted by Gasteiger charge is -2.33. The Kier molecular flexibility index (Phi) is 4.56. The molecule has 0 spiro atoms. The van der Waals surface area contributed by atoms with Gasteiger partial charge in [-0.15, -0.1) is 14.8 Å². The lowest BCUT2D eigenvalue weighted by atomic mass is 9.93. The zero-order chi connectivity index (χ0) is 21.5. The fourth-order valence-electron chi connectivity index (χ4n) is 4.97. The first kappa shape index (κ1) is 18.9. The van der Waals surface area contributed by atoms with Crippen LogP contribution in [0.3, 0.4) is 0 Å². The molecule has 2 aromatic carbocycles. The predicted octanol–water partition coefficient (Wildman–Crippen LogP) is 2.91. The predicted molar refractivity (Wildman–Crippen MR) is 121 cm³/mol. The monoisotopic (exact) mass is 425 g/mol. The third-order valence-corrected chi connectivity index (χ3v) is 6.66. The molecule has 1 unspecified atom stereocenters. The van der Waals surface area contributed by atoms with Crippen molar-refractivity contribution in [1.29, 1.82) is 0 Å². The average Bonchev–Trinajstić information content (AvgIpc) is 3.49. The molecule has 32 heavy (non-hydrogen) atoms. The van der Waals surface area contributed by atoms with Gasteiger partial charge in [-0.2, -0.15) is 0 Å². The summed E-state index contributed by atoms with van der Waals surface area (Å²) in [5, 5.41) is 15.9. The molecule has 1 atom stereocenters. The van der Waals surface area contributed by atoms with E-state index in [4.69, 9.17) is 0 Å². The number of nitrogens with zero attached hydrogens (tertiary/aromatic N) is 7. The van der Waals surface area contributed by atoms with E-state index in [0.29, 0.717) is 12.2 Å². The van der Waals surface area contributed by atoms with Gasteiger partial charge in [-0.1, -0.05) is 48.5 Å². The molecule has 0 N–H and O–H groups in total. The van der Waals surface area contributed by atoms with E-state index in [1.165, 1.54) is 15.8 Å². The molecule has 1 amide bonds. The standard InChI is InChI=1S/C24H23N7O/c32-24(18-12-14-29(15-13-18)23-11-10-22-25-27-28-31(22)26-23)30-16-20(17-6-2-1-3-7-17)19-8-4-5-9-21(19)30/h1-11,18,20H,12-16H2. The quantitative estimate of drug-likeness (QED) is 0.502. The van der Waals surface area contributed by atoms with E-state index >= 15 is 0 Å². The number of rotatable bonds is 3. The molecule has 1 fully saturated rings. The molecule has 160 valence electrons. The van der Waals surface area contributed by atoms with Gasteiger partial charge >= 0.3 is 0 Å². The molecule has 8 nitrogen and oxygen atoms in total. The number of tetrazole rings is 1. The second-order valence-corrected chi connectivity index (χ2v) is 8.45. The topological polar surface area (TPSA) is 79.5 Å². The molecular weight excluding hydrogens is 402 g/mol. The maximum atomic E-state index is 13.6. The Morgan fingerprint density at radius 3 is 2.53 bits per heavy atom. The van der Waals surface area contributed by atoms with Gasteiger partial charge in [-0.3, -0.25) is 4.79 Å². The second-order valence-electron chi connectivity index (χ2n) is 8.45. The average molecular weight is 425 g/mol. The number of carbonyl (C=O) groups excluding carboxylic acids is 1. The highest BCUT2D eigenvalue weighted by Crippen LogP contribution is 2.41. The molecule has 2 aromatic heterocycles. The Morgan fingerprint density at radius 1 is 0.906 bits per heavy atom. The van der Waals surface area contributed by atoms with Crippen LogP contribution < -0.4 is 9.80 Å². The Hall–Kier alpha value is -3.81. The number of fused-ring (bicyclic) bond motifs is 2. The SMILES string of the molecule is O=C(C1CCN(c2ccc3nnnn3n2)CC1)N1CC(c2ccccc2)c2ccccc21. The lowest BCUT2D eigenvalue weighted by Crippen LogP contribution is -2.42. The first-order chi connectivity index (χ1) is 15.8. The van der Waals surface area contributed by atoms with Crippen molar-refractivity contribution >= 4 is 23.1 Å². The second kappa shape index (κ2) is 7.71. The van der Waals surface area contributed by atoms with Crippen LogP contribution in [0, 0.1) is 5.92 Å². The van der Waals surface area contributed by atoms with E-state index in [0.717, 1.165) is 37.4 Å². The molecule has 8 heteroatoms. The number of aromatic nitrogens is 5. The van der Waals surface area contributed by atoms with Crippen molar-refractivity contribution in [3.63, 3.8) is 0 Å². The normalized spacial score (nSPS) is 18.8. The van der Waals surface area contributed by atoms with Crippen molar-refractivity contribution in [2.45, 2.75) is 18.8 Å². The van der Waals surface area contributed by atoms with Gasteiger partial charge < -0.3 is 9.80 Å². The number of piperidine rings is 1. The fraction of sp³-hybridized carbons (Fsp3) is 0.292. The Labute approximate surface area is 185 Å². The minimum absolute atomic E-state index is 0.0191. The van der Waals surface area contributed by atoms with Crippen LogP contribution in [0.4, 0.5) is 11.5 Å². The highest BCUT2D eigenvalue weighted by atomic mass is 16.2. The molecular formula is C24H23N7O. The zero-order valence-electron chi connectivity index (χ0n) is 17.6. The largest absolute Gasteiger partial charge is 0.355 e. The Morgan fingerprint density at radius 2 is 1.69 bits per heavy atom. The molecule has 2 aliphatic heterocycles. The molecule has 0 aliphatic carbocycles. The summed E-state index contributed by atoms with van der Waals surface area (Å²) in [5.41, 5.74) is 4.18. The van der Waals surface area contributed by atoms with Crippen LogP contribution in [0.25, 0.3) is 5.65 Å². The molecule has 0 bridgehead atoms. The Balaban J connectivity index is 1.18. The molecule has 4 aromatic rings. The number of carbonyl (C=O) groups is 1. The molecule has 0 radical (unpaired) electrons. The number of benzene rings is 2. The number of anilines is 2. The maximum absolute atomic E-state index is 13.6. The van der Waals surface area contributed by atoms with Crippen LogP contribution >= 0.6 is 0 Å². The maximum Gasteiger partial charge on any atom is 0.230 e. The van der Waals surface area contributed by atoms with E-state index in [2.05, 4.69) is 68.0 Å². The summed E-state index contributed by atoms with van der Waals surface area (Å²) in [4.78, 5) is 17.8. The van der Waals surface area contributed by atoms with Crippen LogP contribution in [0.2, 0.25) is 0 Å². The molecule has 1 saturated heterocycles. The summed E-state index contributed by atoms with van der Waals surface area (Å²) in [5.74, 6) is 1.32. The van der Waals surface area contributed by atoms with Gasteiger partial charge in [0, 0.05) is 37.2 Å². The van der Waals surface area contributed by atoms with Gasteiger partial charge in [0.05, 0.1) is 0 Å². The van der Waals surface area contributed by atoms with Gasteiger partial charge in [0.1, 0.15) is 0 Å². The summed E-state index contributed by atoms with van der Waals surface area (Å²) < 4.78 is 1.44. The van der Waals surface area contributed by atoms with Crippen LogP contribution in [-0.4, -0.2) is 50.8 Å². The summed E-state index contributed by atoms with van der Waals surface area (Å²) in [6, 6.07) is 22.6. The van der Waals surface area contributed by atoms with Gasteiger partial charge in [-0.05, 0) is 52.6 Å². The molecule has 4 heterocycles. The lowest BCUT2D eigenvalue weighted by molar-refractivity contribution is -0.122.